The van der Waals surface area contributed by atoms with Crippen LogP contribution in [-0.2, 0) is 9.53 Å². The third-order valence-corrected chi connectivity index (χ3v) is 3.81. The molecule has 0 fully saturated rings. The van der Waals surface area contributed by atoms with Crippen molar-refractivity contribution in [1.29, 1.82) is 0 Å². The standard InChI is InChI=1S/C20H35FO2/c1-3-5-6-7-8-9-10-11-12-13-14-15-16-19(21)17-18-20(22)23-4-2/h16-18H,3-15H2,1-2H3/b18-17+,19-16+. The molecule has 0 aliphatic heterocycles. The fourth-order valence-corrected chi connectivity index (χ4v) is 2.45. The Morgan fingerprint density at radius 2 is 1.35 bits per heavy atom. The number of unbranched alkanes of at least 4 members (excludes halogenated alkanes) is 11. The molecule has 0 saturated heterocycles. The van der Waals surface area contributed by atoms with Crippen LogP contribution in [0.2, 0.25) is 0 Å². The number of allylic oxidation sites excluding steroid dienone is 3. The fourth-order valence-electron chi connectivity index (χ4n) is 2.45. The Hall–Kier alpha value is -1.12. The van der Waals surface area contributed by atoms with E-state index >= 15 is 0 Å². The number of carbonyl (C=O) groups excluding carboxylic acids is 1. The van der Waals surface area contributed by atoms with Gasteiger partial charge in [0.1, 0.15) is 5.83 Å². The SMILES string of the molecule is CCCCCCCCCCCCC/C=C(F)\C=C\C(=O)OCC. The van der Waals surface area contributed by atoms with Crippen molar-refractivity contribution in [2.45, 2.75) is 90.9 Å². The highest BCUT2D eigenvalue weighted by Crippen LogP contribution is 2.12. The molecule has 0 bridgehead atoms. The monoisotopic (exact) mass is 326 g/mol. The van der Waals surface area contributed by atoms with E-state index in [1.165, 1.54) is 63.9 Å². The maximum atomic E-state index is 13.4. The summed E-state index contributed by atoms with van der Waals surface area (Å²) < 4.78 is 18.1. The van der Waals surface area contributed by atoms with Crippen molar-refractivity contribution in [3.8, 4) is 0 Å². The minimum atomic E-state index is -0.495. The second kappa shape index (κ2) is 17.2. The molecule has 3 heteroatoms. The molecule has 2 nitrogen and oxygen atoms in total. The van der Waals surface area contributed by atoms with E-state index in [0.29, 0.717) is 6.61 Å². The summed E-state index contributed by atoms with van der Waals surface area (Å²) in [4.78, 5) is 11.0. The molecule has 0 aromatic carbocycles. The van der Waals surface area contributed by atoms with Crippen LogP contribution < -0.4 is 0 Å². The lowest BCUT2D eigenvalue weighted by atomic mass is 10.1. The van der Waals surface area contributed by atoms with Crippen molar-refractivity contribution < 1.29 is 13.9 Å². The summed E-state index contributed by atoms with van der Waals surface area (Å²) >= 11 is 0. The molecule has 0 aliphatic carbocycles. The van der Waals surface area contributed by atoms with Gasteiger partial charge >= 0.3 is 5.97 Å². The number of rotatable bonds is 15. The first-order valence-corrected chi connectivity index (χ1v) is 9.41. The molecule has 0 spiro atoms. The van der Waals surface area contributed by atoms with Gasteiger partial charge in [-0.25, -0.2) is 9.18 Å². The number of halogens is 1. The molecule has 0 rings (SSSR count). The van der Waals surface area contributed by atoms with E-state index in [1.54, 1.807) is 13.0 Å². The van der Waals surface area contributed by atoms with Crippen LogP contribution in [0.4, 0.5) is 4.39 Å². The van der Waals surface area contributed by atoms with Crippen LogP contribution in [0.25, 0.3) is 0 Å². The fraction of sp³-hybridized carbons (Fsp3) is 0.750. The predicted octanol–water partition coefficient (Wildman–Crippen LogP) is 6.66. The summed E-state index contributed by atoms with van der Waals surface area (Å²) in [6.45, 7) is 4.29. The highest BCUT2D eigenvalue weighted by Gasteiger charge is 1.96. The van der Waals surface area contributed by atoms with Gasteiger partial charge < -0.3 is 4.74 Å². The Balaban J connectivity index is 3.40. The molecule has 0 aromatic rings. The maximum Gasteiger partial charge on any atom is 0.330 e. The van der Waals surface area contributed by atoms with Crippen molar-refractivity contribution in [3.63, 3.8) is 0 Å². The molecule has 0 aliphatic rings. The second-order valence-electron chi connectivity index (χ2n) is 6.00. The molecule has 0 heterocycles. The lowest BCUT2D eigenvalue weighted by Crippen LogP contribution is -1.98. The molecule has 0 N–H and O–H groups in total. The number of hydrogen-bond acceptors (Lipinski definition) is 2. The summed E-state index contributed by atoms with van der Waals surface area (Å²) in [5.41, 5.74) is 0. The Morgan fingerprint density at radius 3 is 1.87 bits per heavy atom. The van der Waals surface area contributed by atoms with Crippen molar-refractivity contribution in [3.05, 3.63) is 24.1 Å². The first-order chi connectivity index (χ1) is 11.2. The van der Waals surface area contributed by atoms with Crippen LogP contribution >= 0.6 is 0 Å². The summed E-state index contributed by atoms with van der Waals surface area (Å²) in [6, 6.07) is 0. The Labute approximate surface area is 142 Å². The highest BCUT2D eigenvalue weighted by atomic mass is 19.1. The van der Waals surface area contributed by atoms with Gasteiger partial charge in [0.15, 0.2) is 0 Å². The van der Waals surface area contributed by atoms with Crippen LogP contribution in [-0.4, -0.2) is 12.6 Å². The van der Waals surface area contributed by atoms with Crippen LogP contribution in [0.5, 0.6) is 0 Å². The van der Waals surface area contributed by atoms with E-state index in [1.807, 2.05) is 0 Å². The molecule has 0 radical (unpaired) electrons. The van der Waals surface area contributed by atoms with Crippen molar-refractivity contribution >= 4 is 5.97 Å². The zero-order chi connectivity index (χ0) is 17.2. The first-order valence-electron chi connectivity index (χ1n) is 9.41. The van der Waals surface area contributed by atoms with Gasteiger partial charge in [-0.1, -0.05) is 71.1 Å². The molecule has 0 saturated carbocycles. The lowest BCUT2D eigenvalue weighted by molar-refractivity contribution is -0.137. The number of esters is 1. The van der Waals surface area contributed by atoms with Crippen LogP contribution in [0.3, 0.4) is 0 Å². The van der Waals surface area contributed by atoms with E-state index in [4.69, 9.17) is 0 Å². The molecule has 0 atom stereocenters. The highest BCUT2D eigenvalue weighted by molar-refractivity contribution is 5.82. The third kappa shape index (κ3) is 17.1. The molecule has 23 heavy (non-hydrogen) atoms. The van der Waals surface area contributed by atoms with E-state index in [2.05, 4.69) is 11.7 Å². The van der Waals surface area contributed by atoms with Crippen molar-refractivity contribution in [2.75, 3.05) is 6.61 Å². The molecular formula is C20H35FO2. The largest absolute Gasteiger partial charge is 0.463 e. The van der Waals surface area contributed by atoms with Gasteiger partial charge in [-0.15, -0.1) is 0 Å². The Bertz CT molecular complexity index is 335. The number of carbonyl (C=O) groups is 1. The van der Waals surface area contributed by atoms with Gasteiger partial charge in [-0.3, -0.25) is 0 Å². The minimum absolute atomic E-state index is 0.313. The summed E-state index contributed by atoms with van der Waals surface area (Å²) in [5.74, 6) is -0.851. The van der Waals surface area contributed by atoms with Gasteiger partial charge in [-0.05, 0) is 31.9 Å². The summed E-state index contributed by atoms with van der Waals surface area (Å²) in [5, 5.41) is 0. The summed E-state index contributed by atoms with van der Waals surface area (Å²) in [7, 11) is 0. The van der Waals surface area contributed by atoms with Gasteiger partial charge in [0.2, 0.25) is 0 Å². The molecule has 134 valence electrons. The smallest absolute Gasteiger partial charge is 0.330 e. The second-order valence-corrected chi connectivity index (χ2v) is 6.00. The minimum Gasteiger partial charge on any atom is -0.463 e. The van der Waals surface area contributed by atoms with Gasteiger partial charge in [0.25, 0.3) is 0 Å². The molecular weight excluding hydrogens is 291 g/mol. The first kappa shape index (κ1) is 21.9. The number of ether oxygens (including phenoxy) is 1. The Kier molecular flexibility index (Phi) is 16.4. The average molecular weight is 326 g/mol. The molecule has 0 amide bonds. The maximum absolute atomic E-state index is 13.4. The zero-order valence-electron chi connectivity index (χ0n) is 15.1. The van der Waals surface area contributed by atoms with E-state index in [0.717, 1.165) is 25.3 Å². The van der Waals surface area contributed by atoms with Crippen molar-refractivity contribution in [2.24, 2.45) is 0 Å². The number of hydrogen-bond donors (Lipinski definition) is 0. The van der Waals surface area contributed by atoms with E-state index in [-0.39, 0.29) is 5.83 Å². The lowest BCUT2D eigenvalue weighted by Gasteiger charge is -2.01. The molecule has 0 aromatic heterocycles. The van der Waals surface area contributed by atoms with E-state index in [9.17, 15) is 9.18 Å². The van der Waals surface area contributed by atoms with Crippen molar-refractivity contribution in [1.82, 2.24) is 0 Å². The topological polar surface area (TPSA) is 26.3 Å². The van der Waals surface area contributed by atoms with Crippen LogP contribution in [0.1, 0.15) is 90.9 Å². The van der Waals surface area contributed by atoms with Crippen LogP contribution in [0, 0.1) is 0 Å². The average Bonchev–Trinajstić information content (AvgIpc) is 2.54. The van der Waals surface area contributed by atoms with E-state index < -0.39 is 5.97 Å². The van der Waals surface area contributed by atoms with Gasteiger partial charge in [0.05, 0.1) is 6.61 Å². The van der Waals surface area contributed by atoms with Gasteiger partial charge in [-0.2, -0.15) is 0 Å². The zero-order valence-corrected chi connectivity index (χ0v) is 15.1. The Morgan fingerprint density at radius 1 is 0.826 bits per heavy atom. The third-order valence-electron chi connectivity index (χ3n) is 3.81. The predicted molar refractivity (Wildman–Crippen MR) is 96.0 cm³/mol. The normalized spacial score (nSPS) is 12.0. The van der Waals surface area contributed by atoms with Gasteiger partial charge in [0, 0.05) is 6.08 Å². The quantitative estimate of drug-likeness (QED) is 0.145. The van der Waals surface area contributed by atoms with Crippen LogP contribution in [0.15, 0.2) is 24.1 Å². The molecule has 0 unspecified atom stereocenters. The summed E-state index contributed by atoms with van der Waals surface area (Å²) in [6.07, 6.45) is 18.8.